The third kappa shape index (κ3) is 8.49. The Bertz CT molecular complexity index is 1460. The van der Waals surface area contributed by atoms with E-state index in [1.54, 1.807) is 42.5 Å². The van der Waals surface area contributed by atoms with Crippen LogP contribution in [0.4, 0.5) is 5.69 Å². The average molecular weight is 612 g/mol. The average Bonchev–Trinajstić information content (AvgIpc) is 2.98. The summed E-state index contributed by atoms with van der Waals surface area (Å²) in [4.78, 5) is 29.7. The van der Waals surface area contributed by atoms with Crippen LogP contribution in [0.5, 0.6) is 5.75 Å². The molecule has 0 unspecified atom stereocenters. The van der Waals surface area contributed by atoms with E-state index in [1.807, 2.05) is 36.4 Å². The molecule has 1 N–H and O–H groups in total. The van der Waals surface area contributed by atoms with Crippen LogP contribution in [0, 0.1) is 0 Å². The fraction of sp³-hybridized carbons (Fsp3) is 0.375. The summed E-state index contributed by atoms with van der Waals surface area (Å²) in [5, 5.41) is 3.69. The van der Waals surface area contributed by atoms with Crippen molar-refractivity contribution < 1.29 is 22.7 Å². The first-order valence-electron chi connectivity index (χ1n) is 14.1. The van der Waals surface area contributed by atoms with Crippen LogP contribution < -0.4 is 14.4 Å². The van der Waals surface area contributed by atoms with E-state index < -0.39 is 28.5 Å². The summed E-state index contributed by atoms with van der Waals surface area (Å²) in [6.45, 7) is -0.444. The number of para-hydroxylation sites is 2. The number of rotatable bonds is 12. The molecule has 3 aromatic carbocycles. The monoisotopic (exact) mass is 611 g/mol. The molecule has 8 nitrogen and oxygen atoms in total. The Morgan fingerprint density at radius 1 is 0.952 bits per heavy atom. The van der Waals surface area contributed by atoms with Crippen LogP contribution in [0.15, 0.2) is 78.9 Å². The zero-order chi connectivity index (χ0) is 30.1. The lowest BCUT2D eigenvalue weighted by molar-refractivity contribution is -0.140. The molecule has 0 heterocycles. The number of hydrogen-bond donors (Lipinski definition) is 1. The predicted octanol–water partition coefficient (Wildman–Crippen LogP) is 5.20. The van der Waals surface area contributed by atoms with Crippen molar-refractivity contribution in [2.45, 2.75) is 57.2 Å². The number of methoxy groups -OCH3 is 1. The molecule has 4 rings (SSSR count). The van der Waals surface area contributed by atoms with Gasteiger partial charge in [-0.1, -0.05) is 85.5 Å². The molecule has 42 heavy (non-hydrogen) atoms. The lowest BCUT2D eigenvalue weighted by Gasteiger charge is -2.35. The van der Waals surface area contributed by atoms with Gasteiger partial charge in [0.25, 0.3) is 0 Å². The van der Waals surface area contributed by atoms with Crippen molar-refractivity contribution in [1.82, 2.24) is 10.2 Å². The number of nitrogens with zero attached hydrogens (tertiary/aromatic N) is 2. The molecule has 0 bridgehead atoms. The number of sulfonamides is 1. The van der Waals surface area contributed by atoms with E-state index in [0.717, 1.165) is 53.8 Å². The van der Waals surface area contributed by atoms with Crippen molar-refractivity contribution in [3.8, 4) is 5.75 Å². The van der Waals surface area contributed by atoms with Gasteiger partial charge in [-0.25, -0.2) is 8.42 Å². The normalized spacial score (nSPS) is 14.5. The predicted molar refractivity (Wildman–Crippen MR) is 166 cm³/mol. The summed E-state index contributed by atoms with van der Waals surface area (Å²) >= 11 is 6.28. The SMILES string of the molecule is COc1ccccc1N(CC(=O)N(Cc1cccc(Cl)c1)[C@H](Cc1ccccc1)C(=O)NC1CCCCC1)S(C)(=O)=O. The number of ether oxygens (including phenoxy) is 1. The molecular formula is C32H38ClN3O5S. The van der Waals surface area contributed by atoms with Gasteiger partial charge in [-0.3, -0.25) is 13.9 Å². The number of anilines is 1. The molecule has 1 atom stereocenters. The highest BCUT2D eigenvalue weighted by molar-refractivity contribution is 7.92. The molecule has 0 aliphatic heterocycles. The van der Waals surface area contributed by atoms with Gasteiger partial charge < -0.3 is 15.0 Å². The molecule has 10 heteroatoms. The fourth-order valence-corrected chi connectivity index (χ4v) is 6.43. The molecule has 3 aromatic rings. The molecule has 224 valence electrons. The summed E-state index contributed by atoms with van der Waals surface area (Å²) < 4.78 is 32.5. The first kappa shape index (κ1) is 31.4. The lowest BCUT2D eigenvalue weighted by Crippen LogP contribution is -2.55. The first-order chi connectivity index (χ1) is 20.2. The van der Waals surface area contributed by atoms with E-state index >= 15 is 0 Å². The Morgan fingerprint density at radius 3 is 2.29 bits per heavy atom. The third-order valence-corrected chi connectivity index (χ3v) is 8.86. The van der Waals surface area contributed by atoms with E-state index in [0.29, 0.717) is 10.8 Å². The number of carbonyl (C=O) groups is 2. The Morgan fingerprint density at radius 2 is 1.62 bits per heavy atom. The van der Waals surface area contributed by atoms with Crippen molar-refractivity contribution in [2.75, 3.05) is 24.2 Å². The van der Waals surface area contributed by atoms with Crippen LogP contribution in [0.2, 0.25) is 5.02 Å². The molecule has 0 saturated heterocycles. The Hall–Kier alpha value is -3.56. The highest BCUT2D eigenvalue weighted by Crippen LogP contribution is 2.30. The Kier molecular flexibility index (Phi) is 10.9. The van der Waals surface area contributed by atoms with Crippen molar-refractivity contribution in [1.29, 1.82) is 0 Å². The van der Waals surface area contributed by atoms with Gasteiger partial charge in [-0.15, -0.1) is 0 Å². The van der Waals surface area contributed by atoms with E-state index in [4.69, 9.17) is 16.3 Å². The van der Waals surface area contributed by atoms with Crippen molar-refractivity contribution in [2.24, 2.45) is 0 Å². The number of hydrogen-bond acceptors (Lipinski definition) is 5. The van der Waals surface area contributed by atoms with Gasteiger partial charge >= 0.3 is 0 Å². The zero-order valence-electron chi connectivity index (χ0n) is 24.0. The highest BCUT2D eigenvalue weighted by atomic mass is 35.5. The molecular weight excluding hydrogens is 574 g/mol. The summed E-state index contributed by atoms with van der Waals surface area (Å²) in [7, 11) is -2.46. The summed E-state index contributed by atoms with van der Waals surface area (Å²) in [5.74, 6) is -0.469. The Balaban J connectivity index is 1.74. The molecule has 1 saturated carbocycles. The van der Waals surface area contributed by atoms with E-state index in [9.17, 15) is 18.0 Å². The summed E-state index contributed by atoms with van der Waals surface area (Å²) in [6.07, 6.45) is 6.32. The van der Waals surface area contributed by atoms with Crippen LogP contribution in [-0.4, -0.2) is 57.1 Å². The van der Waals surface area contributed by atoms with E-state index in [2.05, 4.69) is 5.32 Å². The maximum absolute atomic E-state index is 14.3. The minimum absolute atomic E-state index is 0.0359. The van der Waals surface area contributed by atoms with Gasteiger partial charge in [0.05, 0.1) is 19.1 Å². The molecule has 0 spiro atoms. The molecule has 2 amide bonds. The quantitative estimate of drug-likeness (QED) is 0.304. The van der Waals surface area contributed by atoms with Crippen LogP contribution >= 0.6 is 11.6 Å². The van der Waals surface area contributed by atoms with Gasteiger partial charge in [-0.2, -0.15) is 0 Å². The smallest absolute Gasteiger partial charge is 0.244 e. The van der Waals surface area contributed by atoms with Crippen LogP contribution in [-0.2, 0) is 32.6 Å². The van der Waals surface area contributed by atoms with Gasteiger partial charge in [0.15, 0.2) is 0 Å². The second kappa shape index (κ2) is 14.6. The van der Waals surface area contributed by atoms with Gasteiger partial charge in [0.2, 0.25) is 21.8 Å². The van der Waals surface area contributed by atoms with E-state index in [-0.39, 0.29) is 30.6 Å². The largest absolute Gasteiger partial charge is 0.495 e. The molecule has 1 aliphatic carbocycles. The summed E-state index contributed by atoms with van der Waals surface area (Å²) in [5.41, 5.74) is 1.85. The van der Waals surface area contributed by atoms with Crippen LogP contribution in [0.1, 0.15) is 43.2 Å². The minimum Gasteiger partial charge on any atom is -0.495 e. The van der Waals surface area contributed by atoms with Crippen molar-refractivity contribution in [3.05, 3.63) is 95.0 Å². The number of nitrogens with one attached hydrogen (secondary N) is 1. The zero-order valence-corrected chi connectivity index (χ0v) is 25.6. The second-order valence-electron chi connectivity index (χ2n) is 10.6. The molecule has 1 aliphatic rings. The van der Waals surface area contributed by atoms with Crippen molar-refractivity contribution >= 4 is 39.1 Å². The molecule has 0 aromatic heterocycles. The molecule has 0 radical (unpaired) electrons. The molecule has 1 fully saturated rings. The minimum atomic E-state index is -3.90. The third-order valence-electron chi connectivity index (χ3n) is 7.50. The van der Waals surface area contributed by atoms with E-state index in [1.165, 1.54) is 12.0 Å². The van der Waals surface area contributed by atoms with Gasteiger partial charge in [0.1, 0.15) is 18.3 Å². The maximum Gasteiger partial charge on any atom is 0.244 e. The van der Waals surface area contributed by atoms with Gasteiger partial charge in [-0.05, 0) is 48.2 Å². The number of benzene rings is 3. The fourth-order valence-electron chi connectivity index (χ4n) is 5.36. The number of halogens is 1. The van der Waals surface area contributed by atoms with Crippen molar-refractivity contribution in [3.63, 3.8) is 0 Å². The first-order valence-corrected chi connectivity index (χ1v) is 16.4. The topological polar surface area (TPSA) is 96.0 Å². The number of carbonyl (C=O) groups excluding carboxylic acids is 2. The number of amides is 2. The highest BCUT2D eigenvalue weighted by Gasteiger charge is 2.34. The van der Waals surface area contributed by atoms with Crippen LogP contribution in [0.3, 0.4) is 0 Å². The van der Waals surface area contributed by atoms with Gasteiger partial charge in [0, 0.05) is 24.0 Å². The standard InChI is InChI=1S/C32H38ClN3O5S/c1-41-30-19-10-9-18-28(30)36(42(2,39)40)23-31(37)35(22-25-14-11-15-26(33)20-25)29(21-24-12-5-3-6-13-24)32(38)34-27-16-7-4-8-17-27/h3,5-6,9-15,18-20,27,29H,4,7-8,16-17,21-23H2,1-2H3,(H,34,38)/t29-/m1/s1. The maximum atomic E-state index is 14.3. The lowest BCUT2D eigenvalue weighted by atomic mass is 9.94. The summed E-state index contributed by atoms with van der Waals surface area (Å²) in [6, 6.07) is 22.4. The van der Waals surface area contributed by atoms with Crippen LogP contribution in [0.25, 0.3) is 0 Å². The Labute approximate surface area is 253 Å². The second-order valence-corrected chi connectivity index (χ2v) is 13.0.